The maximum absolute atomic E-state index is 10.3. The molecule has 0 bridgehead atoms. The highest BCUT2D eigenvalue weighted by atomic mass is 32.2. The van der Waals surface area contributed by atoms with Crippen LogP contribution in [0.15, 0.2) is 24.3 Å². The van der Waals surface area contributed by atoms with Crippen molar-refractivity contribution in [3.05, 3.63) is 29.8 Å². The van der Waals surface area contributed by atoms with Crippen LogP contribution in [-0.4, -0.2) is 8.42 Å². The summed E-state index contributed by atoms with van der Waals surface area (Å²) in [5.41, 5.74) is 0.900. The van der Waals surface area contributed by atoms with Crippen LogP contribution in [0.1, 0.15) is 12.5 Å². The quantitative estimate of drug-likeness (QED) is 0.720. The Kier molecular flexibility index (Phi) is 3.10. The van der Waals surface area contributed by atoms with Gasteiger partial charge in [0.05, 0.1) is 0 Å². The number of thiol groups is 1. The van der Waals surface area contributed by atoms with Crippen molar-refractivity contribution >= 4 is 11.0 Å². The number of aryl methyl sites for hydroxylation is 1. The predicted molar refractivity (Wildman–Crippen MR) is 46.8 cm³/mol. The van der Waals surface area contributed by atoms with Gasteiger partial charge in [-0.2, -0.15) is 8.42 Å². The lowest BCUT2D eigenvalue weighted by molar-refractivity contribution is 0.507. The van der Waals surface area contributed by atoms with Gasteiger partial charge in [-0.1, -0.05) is 25.1 Å². The van der Waals surface area contributed by atoms with Gasteiger partial charge in [-0.05, 0) is 18.1 Å². The fraction of sp³-hybridized carbons (Fsp3) is 0.250. The first-order valence-corrected chi connectivity index (χ1v) is 4.74. The lowest BCUT2D eigenvalue weighted by atomic mass is 10.1. The highest BCUT2D eigenvalue weighted by molar-refractivity contribution is 7.67. The first-order chi connectivity index (χ1) is 5.74. The predicted octanol–water partition coefficient (Wildman–Crippen LogP) is 1.15. The highest BCUT2D eigenvalue weighted by Gasteiger charge is 1.99. The molecule has 0 N–H and O–H groups in total. The smallest absolute Gasteiger partial charge is 0.299 e. The van der Waals surface area contributed by atoms with E-state index in [9.17, 15) is 8.42 Å². The molecule has 0 saturated carbocycles. The molecule has 0 saturated heterocycles. The van der Waals surface area contributed by atoms with E-state index in [-0.39, 0.29) is 0 Å². The van der Waals surface area contributed by atoms with Crippen LogP contribution in [-0.2, 0) is 17.4 Å². The Balaban J connectivity index is 2.96. The summed E-state index contributed by atoms with van der Waals surface area (Å²) in [5.74, 6) is 0.427. The SMILES string of the molecule is CCc1ccccc1O[SH](=O)=O. The van der Waals surface area contributed by atoms with E-state index >= 15 is 0 Å². The topological polar surface area (TPSA) is 43.4 Å². The number of benzene rings is 1. The average molecular weight is 186 g/mol. The molecule has 0 amide bonds. The Morgan fingerprint density at radius 1 is 1.33 bits per heavy atom. The molecule has 66 valence electrons. The van der Waals surface area contributed by atoms with Crippen molar-refractivity contribution in [2.45, 2.75) is 13.3 Å². The van der Waals surface area contributed by atoms with E-state index in [1.54, 1.807) is 12.1 Å². The molecule has 1 aromatic rings. The Morgan fingerprint density at radius 3 is 2.58 bits per heavy atom. The fourth-order valence-corrected chi connectivity index (χ4v) is 1.30. The Morgan fingerprint density at radius 2 is 2.00 bits per heavy atom. The third-order valence-electron chi connectivity index (χ3n) is 1.53. The van der Waals surface area contributed by atoms with Crippen LogP contribution in [0.4, 0.5) is 0 Å². The lowest BCUT2D eigenvalue weighted by Gasteiger charge is -2.02. The molecule has 0 atom stereocenters. The summed E-state index contributed by atoms with van der Waals surface area (Å²) in [4.78, 5) is 0. The molecule has 0 aliphatic rings. The summed E-state index contributed by atoms with van der Waals surface area (Å²) in [7, 11) is -2.80. The molecule has 3 nitrogen and oxygen atoms in total. The Bertz CT molecular complexity index is 323. The Hall–Kier alpha value is -1.03. The molecule has 0 unspecified atom stereocenters. The Labute approximate surface area is 73.1 Å². The zero-order chi connectivity index (χ0) is 8.97. The second kappa shape index (κ2) is 4.11. The van der Waals surface area contributed by atoms with Crippen LogP contribution < -0.4 is 4.18 Å². The van der Waals surface area contributed by atoms with Gasteiger partial charge in [-0.3, -0.25) is 0 Å². The summed E-state index contributed by atoms with van der Waals surface area (Å²) < 4.78 is 25.1. The minimum absolute atomic E-state index is 0.427. The van der Waals surface area contributed by atoms with E-state index in [0.717, 1.165) is 12.0 Å². The summed E-state index contributed by atoms with van der Waals surface area (Å²) in [6, 6.07) is 7.08. The maximum Gasteiger partial charge on any atom is 0.299 e. The summed E-state index contributed by atoms with van der Waals surface area (Å²) >= 11 is 0. The van der Waals surface area contributed by atoms with E-state index in [1.165, 1.54) is 0 Å². The van der Waals surface area contributed by atoms with Gasteiger partial charge >= 0.3 is 0 Å². The molecule has 0 heterocycles. The monoisotopic (exact) mass is 186 g/mol. The van der Waals surface area contributed by atoms with Crippen molar-refractivity contribution in [3.8, 4) is 5.75 Å². The van der Waals surface area contributed by atoms with Gasteiger partial charge in [0.1, 0.15) is 5.75 Å². The van der Waals surface area contributed by atoms with Crippen molar-refractivity contribution in [2.75, 3.05) is 0 Å². The number of rotatable bonds is 3. The van der Waals surface area contributed by atoms with Gasteiger partial charge < -0.3 is 4.18 Å². The standard InChI is InChI=1S/C8H10O3S/c1-2-7-5-3-4-6-8(7)11-12(9)10/h3-6,12H,2H2,1H3. The zero-order valence-corrected chi connectivity index (χ0v) is 7.58. The highest BCUT2D eigenvalue weighted by Crippen LogP contribution is 2.17. The van der Waals surface area contributed by atoms with E-state index in [0.29, 0.717) is 5.75 Å². The molecule has 0 radical (unpaired) electrons. The molecule has 0 aromatic heterocycles. The molecule has 4 heteroatoms. The number of para-hydroxylation sites is 1. The van der Waals surface area contributed by atoms with Gasteiger partial charge in [0, 0.05) is 0 Å². The first-order valence-electron chi connectivity index (χ1n) is 3.64. The molecule has 1 rings (SSSR count). The van der Waals surface area contributed by atoms with Crippen LogP contribution in [0.3, 0.4) is 0 Å². The first kappa shape index (κ1) is 9.06. The van der Waals surface area contributed by atoms with Crippen LogP contribution in [0.5, 0.6) is 5.75 Å². The van der Waals surface area contributed by atoms with Gasteiger partial charge in [-0.25, -0.2) is 0 Å². The van der Waals surface area contributed by atoms with Crippen molar-refractivity contribution in [3.63, 3.8) is 0 Å². The second-order valence-corrected chi connectivity index (χ2v) is 2.91. The second-order valence-electron chi connectivity index (χ2n) is 2.28. The van der Waals surface area contributed by atoms with E-state index < -0.39 is 11.0 Å². The van der Waals surface area contributed by atoms with Gasteiger partial charge in [0.25, 0.3) is 11.0 Å². The fourth-order valence-electron chi connectivity index (χ4n) is 0.965. The largest absolute Gasteiger partial charge is 0.384 e. The lowest BCUT2D eigenvalue weighted by Crippen LogP contribution is -1.93. The third-order valence-corrected chi connectivity index (χ3v) is 1.87. The van der Waals surface area contributed by atoms with E-state index in [2.05, 4.69) is 4.18 Å². The average Bonchev–Trinajstić information content (AvgIpc) is 2.04. The molecule has 0 fully saturated rings. The minimum Gasteiger partial charge on any atom is -0.384 e. The number of hydrogen-bond acceptors (Lipinski definition) is 3. The third kappa shape index (κ3) is 2.23. The van der Waals surface area contributed by atoms with Crippen molar-refractivity contribution in [1.29, 1.82) is 0 Å². The van der Waals surface area contributed by atoms with Crippen molar-refractivity contribution in [1.82, 2.24) is 0 Å². The maximum atomic E-state index is 10.3. The molecule has 0 spiro atoms. The molecule has 1 aromatic carbocycles. The normalized spacial score (nSPS) is 10.2. The van der Waals surface area contributed by atoms with Crippen molar-refractivity contribution in [2.24, 2.45) is 0 Å². The van der Waals surface area contributed by atoms with Crippen LogP contribution in [0.2, 0.25) is 0 Å². The zero-order valence-electron chi connectivity index (χ0n) is 6.69. The van der Waals surface area contributed by atoms with E-state index in [1.807, 2.05) is 19.1 Å². The summed E-state index contributed by atoms with van der Waals surface area (Å²) in [6.07, 6.45) is 0.763. The van der Waals surface area contributed by atoms with Crippen LogP contribution in [0, 0.1) is 0 Å². The van der Waals surface area contributed by atoms with E-state index in [4.69, 9.17) is 0 Å². The van der Waals surface area contributed by atoms with Crippen LogP contribution in [0.25, 0.3) is 0 Å². The number of hydrogen-bond donors (Lipinski definition) is 1. The molecule has 0 aliphatic heterocycles. The molecule has 0 aliphatic carbocycles. The molecular weight excluding hydrogens is 176 g/mol. The van der Waals surface area contributed by atoms with Crippen LogP contribution >= 0.6 is 0 Å². The van der Waals surface area contributed by atoms with Gasteiger partial charge in [-0.15, -0.1) is 0 Å². The van der Waals surface area contributed by atoms with Gasteiger partial charge in [0.2, 0.25) is 0 Å². The molecular formula is C8H10O3S. The van der Waals surface area contributed by atoms with Crippen molar-refractivity contribution < 1.29 is 12.6 Å². The minimum atomic E-state index is -2.80. The van der Waals surface area contributed by atoms with Gasteiger partial charge in [0.15, 0.2) is 0 Å². The summed E-state index contributed by atoms with van der Waals surface area (Å²) in [6.45, 7) is 1.94. The molecule has 12 heavy (non-hydrogen) atoms. The summed E-state index contributed by atoms with van der Waals surface area (Å²) in [5, 5.41) is 0.